The Morgan fingerprint density at radius 1 is 1.64 bits per heavy atom. The Bertz CT molecular complexity index is 384. The quantitative estimate of drug-likeness (QED) is 0.698. The highest BCUT2D eigenvalue weighted by atomic mass is 32.2. The van der Waals surface area contributed by atoms with E-state index in [0.29, 0.717) is 18.8 Å². The van der Waals surface area contributed by atoms with Gasteiger partial charge in [-0.15, -0.1) is 0 Å². The molecule has 0 bridgehead atoms. The molecule has 1 heterocycles. The lowest BCUT2D eigenvalue weighted by molar-refractivity contribution is 0.598. The van der Waals surface area contributed by atoms with Gasteiger partial charge < -0.3 is 5.73 Å². The van der Waals surface area contributed by atoms with E-state index in [1.54, 1.807) is 19.3 Å². The molecule has 0 aliphatic carbocycles. The Labute approximate surface area is 83.1 Å². The second-order valence-electron chi connectivity index (χ2n) is 2.94. The minimum Gasteiger partial charge on any atom is -0.330 e. The number of hydrogen-bond donors (Lipinski definition) is 2. The van der Waals surface area contributed by atoms with Crippen molar-refractivity contribution in [1.82, 2.24) is 9.78 Å². The molecule has 1 aromatic heterocycles. The van der Waals surface area contributed by atoms with E-state index in [0.717, 1.165) is 0 Å². The minimum atomic E-state index is -3.29. The zero-order chi connectivity index (χ0) is 10.6. The Morgan fingerprint density at radius 3 is 2.86 bits per heavy atom. The molecule has 0 saturated heterocycles. The van der Waals surface area contributed by atoms with Crippen LogP contribution in [0.15, 0.2) is 12.3 Å². The Kier molecular flexibility index (Phi) is 3.48. The van der Waals surface area contributed by atoms with Gasteiger partial charge in [0.15, 0.2) is 5.82 Å². The van der Waals surface area contributed by atoms with E-state index in [-0.39, 0.29) is 5.75 Å². The first-order valence-electron chi connectivity index (χ1n) is 4.24. The molecule has 0 amide bonds. The molecule has 0 aromatic carbocycles. The Balaban J connectivity index is 2.59. The van der Waals surface area contributed by atoms with Crippen molar-refractivity contribution in [2.75, 3.05) is 17.0 Å². The van der Waals surface area contributed by atoms with E-state index in [1.165, 1.54) is 4.68 Å². The summed E-state index contributed by atoms with van der Waals surface area (Å²) < 4.78 is 26.6. The van der Waals surface area contributed by atoms with Gasteiger partial charge in [-0.3, -0.25) is 9.40 Å². The highest BCUT2D eigenvalue weighted by Crippen LogP contribution is 2.04. The number of nitrogens with two attached hydrogens (primary N) is 1. The van der Waals surface area contributed by atoms with Crippen molar-refractivity contribution < 1.29 is 8.42 Å². The van der Waals surface area contributed by atoms with Crippen LogP contribution in [0.1, 0.15) is 6.42 Å². The first kappa shape index (κ1) is 11.0. The summed E-state index contributed by atoms with van der Waals surface area (Å²) in [5, 5.41) is 3.90. The van der Waals surface area contributed by atoms with Crippen LogP contribution in [0.4, 0.5) is 5.82 Å². The van der Waals surface area contributed by atoms with Crippen LogP contribution < -0.4 is 10.5 Å². The summed E-state index contributed by atoms with van der Waals surface area (Å²) in [5.41, 5.74) is 5.22. The van der Waals surface area contributed by atoms with Gasteiger partial charge in [-0.05, 0) is 13.0 Å². The monoisotopic (exact) mass is 218 g/mol. The SMILES string of the molecule is Cn1ccc(NS(=O)(=O)CCCN)n1. The first-order chi connectivity index (χ1) is 6.53. The van der Waals surface area contributed by atoms with Crippen LogP contribution in [0.5, 0.6) is 0 Å². The smallest absolute Gasteiger partial charge is 0.233 e. The summed E-state index contributed by atoms with van der Waals surface area (Å²) in [6, 6.07) is 1.60. The van der Waals surface area contributed by atoms with Gasteiger partial charge in [0.05, 0.1) is 5.75 Å². The lowest BCUT2D eigenvalue weighted by Crippen LogP contribution is -2.19. The van der Waals surface area contributed by atoms with Crippen molar-refractivity contribution in [3.8, 4) is 0 Å². The summed E-state index contributed by atoms with van der Waals surface area (Å²) in [6.07, 6.45) is 2.11. The van der Waals surface area contributed by atoms with E-state index in [9.17, 15) is 8.42 Å². The van der Waals surface area contributed by atoms with Crippen LogP contribution in [0.2, 0.25) is 0 Å². The maximum Gasteiger partial charge on any atom is 0.233 e. The number of rotatable bonds is 5. The van der Waals surface area contributed by atoms with Crippen LogP contribution in [-0.2, 0) is 17.1 Å². The number of aryl methyl sites for hydroxylation is 1. The predicted octanol–water partition coefficient (Wildman–Crippen LogP) is -0.489. The van der Waals surface area contributed by atoms with Crippen LogP contribution in [0, 0.1) is 0 Å². The highest BCUT2D eigenvalue weighted by molar-refractivity contribution is 7.92. The van der Waals surface area contributed by atoms with E-state index in [1.807, 2.05) is 0 Å². The molecule has 14 heavy (non-hydrogen) atoms. The molecule has 0 aliphatic heterocycles. The zero-order valence-electron chi connectivity index (χ0n) is 7.97. The summed E-state index contributed by atoms with van der Waals surface area (Å²) in [5.74, 6) is 0.365. The first-order valence-corrected chi connectivity index (χ1v) is 5.89. The van der Waals surface area contributed by atoms with Gasteiger partial charge in [0.25, 0.3) is 0 Å². The highest BCUT2D eigenvalue weighted by Gasteiger charge is 2.10. The number of sulfonamides is 1. The van der Waals surface area contributed by atoms with E-state index in [2.05, 4.69) is 9.82 Å². The number of nitrogens with zero attached hydrogens (tertiary/aromatic N) is 2. The van der Waals surface area contributed by atoms with Crippen molar-refractivity contribution in [3.05, 3.63) is 12.3 Å². The molecule has 0 atom stereocenters. The van der Waals surface area contributed by atoms with Gasteiger partial charge in [0.2, 0.25) is 10.0 Å². The summed E-state index contributed by atoms with van der Waals surface area (Å²) in [4.78, 5) is 0. The second kappa shape index (κ2) is 4.43. The molecule has 3 N–H and O–H groups in total. The van der Waals surface area contributed by atoms with E-state index in [4.69, 9.17) is 5.73 Å². The number of anilines is 1. The Morgan fingerprint density at radius 2 is 2.36 bits per heavy atom. The molecule has 6 nitrogen and oxygen atoms in total. The van der Waals surface area contributed by atoms with Crippen molar-refractivity contribution in [2.24, 2.45) is 12.8 Å². The third kappa shape index (κ3) is 3.35. The number of nitrogens with one attached hydrogen (secondary N) is 1. The fourth-order valence-electron chi connectivity index (χ4n) is 0.953. The molecule has 1 aromatic rings. The molecule has 80 valence electrons. The van der Waals surface area contributed by atoms with Gasteiger partial charge in [0.1, 0.15) is 0 Å². The van der Waals surface area contributed by atoms with Crippen molar-refractivity contribution in [2.45, 2.75) is 6.42 Å². The third-order valence-electron chi connectivity index (χ3n) is 1.59. The summed E-state index contributed by atoms with van der Waals surface area (Å²) in [7, 11) is -1.57. The van der Waals surface area contributed by atoms with Gasteiger partial charge >= 0.3 is 0 Å². The standard InChI is InChI=1S/C7H14N4O2S/c1-11-5-3-7(9-11)10-14(12,13)6-2-4-8/h3,5H,2,4,6,8H2,1H3,(H,9,10). The normalized spacial score (nSPS) is 11.6. The van der Waals surface area contributed by atoms with Gasteiger partial charge in [-0.25, -0.2) is 8.42 Å². The molecule has 0 fully saturated rings. The summed E-state index contributed by atoms with van der Waals surface area (Å²) in [6.45, 7) is 0.364. The average Bonchev–Trinajstić information content (AvgIpc) is 2.47. The fourth-order valence-corrected chi connectivity index (χ4v) is 2.03. The van der Waals surface area contributed by atoms with Crippen LogP contribution in [-0.4, -0.2) is 30.5 Å². The molecular weight excluding hydrogens is 204 g/mol. The van der Waals surface area contributed by atoms with Gasteiger partial charge in [-0.1, -0.05) is 0 Å². The molecule has 0 spiro atoms. The number of aromatic nitrogens is 2. The maximum absolute atomic E-state index is 11.4. The van der Waals surface area contributed by atoms with Crippen molar-refractivity contribution in [1.29, 1.82) is 0 Å². The molecule has 7 heteroatoms. The van der Waals surface area contributed by atoms with Crippen LogP contribution in [0.25, 0.3) is 0 Å². The molecule has 0 aliphatic rings. The van der Waals surface area contributed by atoms with E-state index >= 15 is 0 Å². The predicted molar refractivity (Wildman–Crippen MR) is 54.3 cm³/mol. The van der Waals surface area contributed by atoms with Gasteiger partial charge in [0, 0.05) is 19.3 Å². The fraction of sp³-hybridized carbons (Fsp3) is 0.571. The molecular formula is C7H14N4O2S. The molecule has 0 radical (unpaired) electrons. The minimum absolute atomic E-state index is 0.0279. The molecule has 1 rings (SSSR count). The van der Waals surface area contributed by atoms with Crippen LogP contribution in [0.3, 0.4) is 0 Å². The largest absolute Gasteiger partial charge is 0.330 e. The third-order valence-corrected chi connectivity index (χ3v) is 2.94. The van der Waals surface area contributed by atoms with Gasteiger partial charge in [-0.2, -0.15) is 5.10 Å². The topological polar surface area (TPSA) is 90.0 Å². The van der Waals surface area contributed by atoms with E-state index < -0.39 is 10.0 Å². The van der Waals surface area contributed by atoms with Crippen LogP contribution >= 0.6 is 0 Å². The lowest BCUT2D eigenvalue weighted by atomic mass is 10.5. The van der Waals surface area contributed by atoms with Crippen molar-refractivity contribution in [3.63, 3.8) is 0 Å². The zero-order valence-corrected chi connectivity index (χ0v) is 8.79. The average molecular weight is 218 g/mol. The molecule has 0 saturated carbocycles. The van der Waals surface area contributed by atoms with Crippen molar-refractivity contribution >= 4 is 15.8 Å². The second-order valence-corrected chi connectivity index (χ2v) is 4.78. The maximum atomic E-state index is 11.4. The molecule has 0 unspecified atom stereocenters. The number of hydrogen-bond acceptors (Lipinski definition) is 4. The lowest BCUT2D eigenvalue weighted by Gasteiger charge is -2.03. The summed E-state index contributed by atoms with van der Waals surface area (Å²) >= 11 is 0. The Hall–Kier alpha value is -1.08.